The molecule has 3 aliphatic heterocycles. The number of benzene rings is 3. The lowest BCUT2D eigenvalue weighted by molar-refractivity contribution is -0.401. The van der Waals surface area contributed by atoms with Gasteiger partial charge in [0.1, 0.15) is 26.4 Å². The number of hydrogen-bond donors (Lipinski definition) is 0. The summed E-state index contributed by atoms with van der Waals surface area (Å²) in [5.74, 6) is 2.93. The molecule has 220 valence electrons. The van der Waals surface area contributed by atoms with E-state index < -0.39 is 6.97 Å². The SMILES string of the molecule is F[B-]1(F)N(c2ccc(-c3scc4c3OCCO4)cc2)N=C(c2ccccc2)N=[N+]1c1ccc(-c2scc3c2OCCO3)cc1. The van der Waals surface area contributed by atoms with Gasteiger partial charge in [0.05, 0.1) is 9.75 Å². The molecular weight excluding hydrogens is 605 g/mol. The molecular formula is C31H23BF2N4O4S2. The minimum Gasteiger partial charge on any atom is -0.485 e. The van der Waals surface area contributed by atoms with Crippen LogP contribution in [-0.2, 0) is 0 Å². The van der Waals surface area contributed by atoms with E-state index in [4.69, 9.17) is 18.9 Å². The number of ether oxygens (including phenoxy) is 4. The first kappa shape index (κ1) is 26.9. The van der Waals surface area contributed by atoms with Crippen molar-refractivity contribution < 1.29 is 32.2 Å². The summed E-state index contributed by atoms with van der Waals surface area (Å²) >= 11 is 2.98. The zero-order valence-electron chi connectivity index (χ0n) is 23.1. The highest BCUT2D eigenvalue weighted by Gasteiger charge is 2.55. The number of anilines is 1. The molecule has 0 unspecified atom stereocenters. The fourth-order valence-corrected chi connectivity index (χ4v) is 7.18. The van der Waals surface area contributed by atoms with Gasteiger partial charge in [0.2, 0.25) is 5.84 Å². The van der Waals surface area contributed by atoms with Crippen LogP contribution in [0.2, 0.25) is 0 Å². The smallest absolute Gasteiger partial charge is 0.485 e. The molecule has 5 aromatic rings. The topological polar surface area (TPSA) is 67.9 Å². The van der Waals surface area contributed by atoms with E-state index in [9.17, 15) is 0 Å². The monoisotopic (exact) mass is 628 g/mol. The lowest BCUT2D eigenvalue weighted by atomic mass is 9.93. The molecule has 0 fully saturated rings. The molecule has 0 atom stereocenters. The van der Waals surface area contributed by atoms with Gasteiger partial charge < -0.3 is 32.5 Å². The van der Waals surface area contributed by atoms with E-state index in [0.29, 0.717) is 55.0 Å². The molecule has 2 aromatic heterocycles. The molecule has 0 aliphatic carbocycles. The van der Waals surface area contributed by atoms with E-state index >= 15 is 8.63 Å². The average molecular weight is 628 g/mol. The van der Waals surface area contributed by atoms with Gasteiger partial charge in [0.25, 0.3) is 0 Å². The number of nitrogens with zero attached hydrogens (tertiary/aromatic N) is 4. The van der Waals surface area contributed by atoms with Crippen molar-refractivity contribution in [2.45, 2.75) is 0 Å². The van der Waals surface area contributed by atoms with Gasteiger partial charge in [-0.15, -0.1) is 22.7 Å². The Hall–Kier alpha value is -4.75. The van der Waals surface area contributed by atoms with Crippen molar-refractivity contribution >= 4 is 46.9 Å². The second kappa shape index (κ2) is 10.8. The molecule has 8 rings (SSSR count). The van der Waals surface area contributed by atoms with Crippen LogP contribution in [0, 0.1) is 0 Å². The van der Waals surface area contributed by atoms with Crippen LogP contribution in [0.4, 0.5) is 20.0 Å². The first-order valence-corrected chi connectivity index (χ1v) is 15.7. The van der Waals surface area contributed by atoms with Gasteiger partial charge in [-0.25, -0.2) is 4.61 Å². The summed E-state index contributed by atoms with van der Waals surface area (Å²) < 4.78 is 56.6. The number of hydrogen-bond acceptors (Lipinski definition) is 9. The van der Waals surface area contributed by atoms with E-state index in [1.165, 1.54) is 22.7 Å². The van der Waals surface area contributed by atoms with Crippen LogP contribution in [-0.4, -0.2) is 43.8 Å². The van der Waals surface area contributed by atoms with Crippen molar-refractivity contribution in [1.29, 1.82) is 0 Å². The third-order valence-electron chi connectivity index (χ3n) is 7.42. The zero-order valence-corrected chi connectivity index (χ0v) is 24.7. The summed E-state index contributed by atoms with van der Waals surface area (Å²) in [6.45, 7) is -2.54. The molecule has 5 heterocycles. The van der Waals surface area contributed by atoms with Gasteiger partial charge in [-0.3, -0.25) is 0 Å². The van der Waals surface area contributed by atoms with Crippen LogP contribution in [0.15, 0.2) is 99.8 Å². The van der Waals surface area contributed by atoms with Gasteiger partial charge in [0, 0.05) is 34.1 Å². The fraction of sp³-hybridized carbons (Fsp3) is 0.129. The molecule has 3 aliphatic rings. The van der Waals surface area contributed by atoms with E-state index in [1.807, 2.05) is 29.0 Å². The molecule has 0 spiro atoms. The first-order chi connectivity index (χ1) is 21.6. The number of thiophene rings is 2. The number of halogens is 2. The quantitative estimate of drug-likeness (QED) is 0.184. The maximum Gasteiger partial charge on any atom is 0.777 e. The molecule has 8 nitrogen and oxygen atoms in total. The largest absolute Gasteiger partial charge is 0.777 e. The lowest BCUT2D eigenvalue weighted by Crippen LogP contribution is -2.54. The summed E-state index contributed by atoms with van der Waals surface area (Å²) in [5, 5.41) is 12.5. The molecule has 3 aromatic carbocycles. The third-order valence-corrected chi connectivity index (χ3v) is 9.39. The summed E-state index contributed by atoms with van der Waals surface area (Å²) in [5.41, 5.74) is 2.76. The van der Waals surface area contributed by atoms with Crippen LogP contribution in [0.5, 0.6) is 23.0 Å². The minimum absolute atomic E-state index is 0.169. The number of amidine groups is 1. The van der Waals surface area contributed by atoms with Gasteiger partial charge >= 0.3 is 6.97 Å². The normalized spacial score (nSPS) is 16.7. The Morgan fingerprint density at radius 2 is 1.20 bits per heavy atom. The molecule has 44 heavy (non-hydrogen) atoms. The molecule has 0 saturated heterocycles. The summed E-state index contributed by atoms with van der Waals surface area (Å²) in [4.78, 5) is 2.55. The Labute approximate surface area is 259 Å². The zero-order chi connectivity index (χ0) is 29.7. The standard InChI is InChI=1S/C31H23BF2N4O4S2/c33-32(34)37(23-10-6-20(7-11-23)29-27-25(18-43-29)39-14-16-41-27)35-31(22-4-2-1-3-5-22)36-38(32)24-12-8-21(9-13-24)30-28-26(19-44-30)40-15-17-42-28/h1-13,18-19H,14-17H2. The highest BCUT2D eigenvalue weighted by atomic mass is 32.1. The second-order valence-corrected chi connectivity index (χ2v) is 11.9. The molecule has 0 saturated carbocycles. The van der Waals surface area contributed by atoms with Crippen molar-refractivity contribution in [2.75, 3.05) is 31.3 Å². The number of fused-ring (bicyclic) bond motifs is 2. The minimum atomic E-state index is -4.47. The van der Waals surface area contributed by atoms with E-state index in [-0.39, 0.29) is 17.2 Å². The predicted molar refractivity (Wildman–Crippen MR) is 167 cm³/mol. The molecule has 0 amide bonds. The Morgan fingerprint density at radius 3 is 1.80 bits per heavy atom. The van der Waals surface area contributed by atoms with Gasteiger partial charge in [0.15, 0.2) is 28.7 Å². The summed E-state index contributed by atoms with van der Waals surface area (Å²) in [6, 6.07) is 22.8. The van der Waals surface area contributed by atoms with Crippen molar-refractivity contribution in [3.63, 3.8) is 0 Å². The van der Waals surface area contributed by atoms with Crippen LogP contribution in [0.1, 0.15) is 5.56 Å². The summed E-state index contributed by atoms with van der Waals surface area (Å²) in [6.07, 6.45) is 0. The fourth-order valence-electron chi connectivity index (χ4n) is 5.30. The van der Waals surface area contributed by atoms with E-state index in [0.717, 1.165) is 30.4 Å². The van der Waals surface area contributed by atoms with Crippen molar-refractivity contribution in [3.05, 3.63) is 95.2 Å². The van der Waals surface area contributed by atoms with E-state index in [1.54, 1.807) is 60.7 Å². The number of hydrazone groups is 1. The van der Waals surface area contributed by atoms with Crippen LogP contribution in [0.25, 0.3) is 20.9 Å². The Kier molecular flexibility index (Phi) is 6.56. The van der Waals surface area contributed by atoms with Crippen molar-refractivity contribution in [2.24, 2.45) is 10.2 Å². The molecule has 0 bridgehead atoms. The Balaban J connectivity index is 1.16. The number of azo groups is 1. The average Bonchev–Trinajstić information content (AvgIpc) is 3.70. The van der Waals surface area contributed by atoms with E-state index in [2.05, 4.69) is 10.2 Å². The van der Waals surface area contributed by atoms with Crippen molar-refractivity contribution in [1.82, 2.24) is 0 Å². The predicted octanol–water partition coefficient (Wildman–Crippen LogP) is 8.04. The third kappa shape index (κ3) is 4.59. The first-order valence-electron chi connectivity index (χ1n) is 14.0. The maximum atomic E-state index is 16.4. The van der Waals surface area contributed by atoms with Crippen molar-refractivity contribution in [3.8, 4) is 43.9 Å². The lowest BCUT2D eigenvalue weighted by Gasteiger charge is -2.33. The van der Waals surface area contributed by atoms with Crippen LogP contribution in [0.3, 0.4) is 0 Å². The van der Waals surface area contributed by atoms with Gasteiger partial charge in [-0.2, -0.15) is 5.10 Å². The molecule has 0 N–H and O–H groups in total. The highest BCUT2D eigenvalue weighted by molar-refractivity contribution is 7.14. The highest BCUT2D eigenvalue weighted by Crippen LogP contribution is 2.47. The van der Waals surface area contributed by atoms with Crippen LogP contribution >= 0.6 is 22.7 Å². The Morgan fingerprint density at radius 1 is 0.659 bits per heavy atom. The number of rotatable bonds is 5. The molecule has 0 radical (unpaired) electrons. The molecule has 13 heteroatoms. The van der Waals surface area contributed by atoms with Gasteiger partial charge in [-0.1, -0.05) is 42.5 Å². The van der Waals surface area contributed by atoms with Crippen LogP contribution < -0.4 is 23.9 Å². The Bertz CT molecular complexity index is 1910. The maximum absolute atomic E-state index is 16.4. The second-order valence-electron chi connectivity index (χ2n) is 10.2. The summed E-state index contributed by atoms with van der Waals surface area (Å²) in [7, 11) is 0. The van der Waals surface area contributed by atoms with Gasteiger partial charge in [-0.05, 0) is 40.5 Å².